The number of benzene rings is 1. The van der Waals surface area contributed by atoms with Crippen LogP contribution in [0.5, 0.6) is 0 Å². The molecule has 200 valence electrons. The molecule has 0 saturated carbocycles. The molecule has 2 heterocycles. The Kier molecular flexibility index (Phi) is 10.1. The number of carbonyl (C=O) groups excluding carboxylic acids is 3. The first kappa shape index (κ1) is 29.6. The fraction of sp³-hybridized carbons (Fsp3) is 0.550. The Morgan fingerprint density at radius 1 is 0.889 bits per heavy atom. The summed E-state index contributed by atoms with van der Waals surface area (Å²) in [5.41, 5.74) is 0.663. The van der Waals surface area contributed by atoms with E-state index in [-0.39, 0.29) is 13.2 Å². The maximum Gasteiger partial charge on any atom is 0.511 e. The van der Waals surface area contributed by atoms with Gasteiger partial charge in [-0.05, 0) is 12.5 Å². The molecule has 0 spiro atoms. The molecule has 1 aromatic carbocycles. The smallest absolute Gasteiger partial charge is 0.452 e. The number of ether oxygens (including phenoxy) is 7. The summed E-state index contributed by atoms with van der Waals surface area (Å²) in [7, 11) is 0. The van der Waals surface area contributed by atoms with E-state index < -0.39 is 62.7 Å². The number of esters is 2. The van der Waals surface area contributed by atoms with Gasteiger partial charge >= 0.3 is 18.1 Å². The number of hydrogen-bond acceptors (Lipinski definition) is 10. The Morgan fingerprint density at radius 3 is 2.06 bits per heavy atom. The standard InChI is InChI=1S/C20H18Cl6O10/c1-9-30-8-11-12(32-9)13(34-16(27)19(21,22)23)14(35-17(28)20(24,25)26)15(33-11)36-18(29)31-7-10-5-3-2-4-6-10/h2-6,9,11-15H,7-8H2,1H3/t9?,11-,12-,13+,14-,15+/m1/s1. The van der Waals surface area contributed by atoms with Crippen molar-refractivity contribution in [3.63, 3.8) is 0 Å². The molecule has 2 fully saturated rings. The second-order valence-electron chi connectivity index (χ2n) is 7.42. The molecule has 1 unspecified atom stereocenters. The van der Waals surface area contributed by atoms with Gasteiger partial charge in [0.1, 0.15) is 18.8 Å². The largest absolute Gasteiger partial charge is 0.511 e. The summed E-state index contributed by atoms with van der Waals surface area (Å²) in [5, 5.41) is 0. The Morgan fingerprint density at radius 2 is 1.47 bits per heavy atom. The highest BCUT2D eigenvalue weighted by Gasteiger charge is 2.56. The molecular formula is C20H18Cl6O10. The number of fused-ring (bicyclic) bond motifs is 1. The van der Waals surface area contributed by atoms with Crippen molar-refractivity contribution in [3.8, 4) is 0 Å². The minimum absolute atomic E-state index is 0.0856. The molecule has 0 aliphatic carbocycles. The zero-order chi connectivity index (χ0) is 26.7. The van der Waals surface area contributed by atoms with Crippen molar-refractivity contribution in [1.29, 1.82) is 0 Å². The van der Waals surface area contributed by atoms with E-state index in [4.69, 9.17) is 103 Å². The van der Waals surface area contributed by atoms with Gasteiger partial charge in [0, 0.05) is 0 Å². The highest BCUT2D eigenvalue weighted by Crippen LogP contribution is 2.37. The molecule has 36 heavy (non-hydrogen) atoms. The van der Waals surface area contributed by atoms with E-state index in [1.54, 1.807) is 37.3 Å². The lowest BCUT2D eigenvalue weighted by Crippen LogP contribution is -2.65. The van der Waals surface area contributed by atoms with Crippen molar-refractivity contribution in [1.82, 2.24) is 0 Å². The third-order valence-electron chi connectivity index (χ3n) is 4.80. The molecule has 6 atom stereocenters. The Labute approximate surface area is 235 Å². The monoisotopic (exact) mass is 628 g/mol. The van der Waals surface area contributed by atoms with Gasteiger partial charge in [-0.15, -0.1) is 0 Å². The molecular weight excluding hydrogens is 613 g/mol. The third-order valence-corrected chi connectivity index (χ3v) is 5.72. The summed E-state index contributed by atoms with van der Waals surface area (Å²) in [6, 6.07) is 8.70. The van der Waals surface area contributed by atoms with Gasteiger partial charge in [0.05, 0.1) is 6.61 Å². The average Bonchev–Trinajstić information content (AvgIpc) is 2.79. The van der Waals surface area contributed by atoms with Crippen molar-refractivity contribution in [3.05, 3.63) is 35.9 Å². The summed E-state index contributed by atoms with van der Waals surface area (Å²) in [6.07, 6.45) is -9.14. The van der Waals surface area contributed by atoms with E-state index in [2.05, 4.69) is 0 Å². The van der Waals surface area contributed by atoms with Crippen LogP contribution in [0.3, 0.4) is 0 Å². The maximum absolute atomic E-state index is 12.4. The highest BCUT2D eigenvalue weighted by molar-refractivity contribution is 6.76. The SMILES string of the molecule is CC1OC[C@H]2O[C@@H](OC(=O)OCc3ccccc3)[C@H](OC(=O)C(Cl)(Cl)Cl)[C@@H](OC(=O)C(Cl)(Cl)Cl)[C@@H]2O1. The molecule has 0 N–H and O–H groups in total. The molecule has 0 radical (unpaired) electrons. The number of alkyl halides is 6. The normalized spacial score (nSPS) is 28.4. The summed E-state index contributed by atoms with van der Waals surface area (Å²) in [5.74, 6) is -2.75. The fourth-order valence-corrected chi connectivity index (χ4v) is 3.52. The van der Waals surface area contributed by atoms with E-state index in [1.165, 1.54) is 0 Å². The molecule has 3 rings (SSSR count). The minimum atomic E-state index is -2.55. The van der Waals surface area contributed by atoms with Crippen molar-refractivity contribution in [2.24, 2.45) is 0 Å². The molecule has 1 aromatic rings. The van der Waals surface area contributed by atoms with Gasteiger partial charge in [-0.2, -0.15) is 0 Å². The molecule has 2 aliphatic heterocycles. The van der Waals surface area contributed by atoms with Crippen LogP contribution in [0.15, 0.2) is 30.3 Å². The zero-order valence-corrected chi connectivity index (χ0v) is 22.7. The lowest BCUT2D eigenvalue weighted by Gasteiger charge is -2.47. The number of hydrogen-bond donors (Lipinski definition) is 0. The summed E-state index contributed by atoms with van der Waals surface area (Å²) < 4.78 is 32.5. The second kappa shape index (κ2) is 12.3. The third kappa shape index (κ3) is 8.02. The van der Waals surface area contributed by atoms with E-state index in [1.807, 2.05) is 0 Å². The highest BCUT2D eigenvalue weighted by atomic mass is 35.6. The first-order valence-electron chi connectivity index (χ1n) is 10.1. The number of carbonyl (C=O) groups is 3. The average molecular weight is 631 g/mol. The molecule has 0 bridgehead atoms. The van der Waals surface area contributed by atoms with Crippen molar-refractivity contribution in [2.75, 3.05) is 6.61 Å². The molecule has 2 aliphatic rings. The first-order chi connectivity index (χ1) is 16.8. The number of rotatable bonds is 5. The van der Waals surface area contributed by atoms with Crippen molar-refractivity contribution in [2.45, 2.75) is 58.1 Å². The first-order valence-corrected chi connectivity index (χ1v) is 12.4. The van der Waals surface area contributed by atoms with Crippen LogP contribution in [0.1, 0.15) is 12.5 Å². The Balaban J connectivity index is 1.86. The molecule has 10 nitrogen and oxygen atoms in total. The van der Waals surface area contributed by atoms with E-state index in [9.17, 15) is 14.4 Å². The topological polar surface area (TPSA) is 116 Å². The van der Waals surface area contributed by atoms with Gasteiger partial charge in [0.2, 0.25) is 12.4 Å². The summed E-state index contributed by atoms with van der Waals surface area (Å²) in [6.45, 7) is 1.32. The van der Waals surface area contributed by atoms with Crippen LogP contribution in [-0.2, 0) is 49.4 Å². The van der Waals surface area contributed by atoms with Crippen molar-refractivity contribution >= 4 is 87.7 Å². The van der Waals surface area contributed by atoms with Crippen LogP contribution >= 0.6 is 69.6 Å². The maximum atomic E-state index is 12.4. The van der Waals surface area contributed by atoms with Crippen LogP contribution in [-0.4, -0.2) is 69.3 Å². The van der Waals surface area contributed by atoms with Crippen LogP contribution in [0.2, 0.25) is 0 Å². The summed E-state index contributed by atoms with van der Waals surface area (Å²) in [4.78, 5) is 37.2. The van der Waals surface area contributed by atoms with Gasteiger partial charge in [-0.1, -0.05) is 99.9 Å². The van der Waals surface area contributed by atoms with Crippen LogP contribution < -0.4 is 0 Å². The molecule has 16 heteroatoms. The predicted molar refractivity (Wildman–Crippen MR) is 127 cm³/mol. The quantitative estimate of drug-likeness (QED) is 0.263. The van der Waals surface area contributed by atoms with Crippen LogP contribution in [0, 0.1) is 0 Å². The fourth-order valence-electron chi connectivity index (χ4n) is 3.25. The van der Waals surface area contributed by atoms with Gasteiger partial charge in [-0.3, -0.25) is 0 Å². The zero-order valence-electron chi connectivity index (χ0n) is 18.1. The predicted octanol–water partition coefficient (Wildman–Crippen LogP) is 4.39. The van der Waals surface area contributed by atoms with E-state index >= 15 is 0 Å². The van der Waals surface area contributed by atoms with Crippen LogP contribution in [0.25, 0.3) is 0 Å². The van der Waals surface area contributed by atoms with Gasteiger partial charge in [0.15, 0.2) is 12.4 Å². The lowest BCUT2D eigenvalue weighted by atomic mass is 9.97. The lowest BCUT2D eigenvalue weighted by molar-refractivity contribution is -0.350. The van der Waals surface area contributed by atoms with E-state index in [0.717, 1.165) is 0 Å². The van der Waals surface area contributed by atoms with E-state index in [0.29, 0.717) is 5.56 Å². The van der Waals surface area contributed by atoms with Crippen molar-refractivity contribution < 1.29 is 47.5 Å². The minimum Gasteiger partial charge on any atom is -0.452 e. The molecule has 2 saturated heterocycles. The molecule has 0 amide bonds. The summed E-state index contributed by atoms with van der Waals surface area (Å²) >= 11 is 33.8. The van der Waals surface area contributed by atoms with Gasteiger partial charge in [0.25, 0.3) is 7.59 Å². The Hall–Kier alpha value is -0.950. The number of halogens is 6. The second-order valence-corrected chi connectivity index (χ2v) is 12.0. The molecule has 0 aromatic heterocycles. The Bertz CT molecular complexity index is 937. The van der Waals surface area contributed by atoms with Crippen LogP contribution in [0.4, 0.5) is 4.79 Å². The van der Waals surface area contributed by atoms with Gasteiger partial charge < -0.3 is 33.2 Å². The van der Waals surface area contributed by atoms with Gasteiger partial charge in [-0.25, -0.2) is 14.4 Å².